The predicted molar refractivity (Wildman–Crippen MR) is 92.4 cm³/mol. The van der Waals surface area contributed by atoms with Gasteiger partial charge in [-0.05, 0) is 31.9 Å². The van der Waals surface area contributed by atoms with Gasteiger partial charge in [0.2, 0.25) is 0 Å². The molecule has 2 N–H and O–H groups in total. The minimum Gasteiger partial charge on any atom is -0.432 e. The number of aryl methyl sites for hydroxylation is 1. The van der Waals surface area contributed by atoms with Crippen LogP contribution in [-0.4, -0.2) is 33.5 Å². The van der Waals surface area contributed by atoms with E-state index >= 15 is 0 Å². The van der Waals surface area contributed by atoms with E-state index in [2.05, 4.69) is 14.5 Å². The molecule has 148 valence electrons. The third-order valence-corrected chi connectivity index (χ3v) is 4.49. The van der Waals surface area contributed by atoms with Gasteiger partial charge in [0, 0.05) is 0 Å². The molecule has 1 saturated heterocycles. The predicted octanol–water partition coefficient (Wildman–Crippen LogP) is 1.74. The number of carbonyl (C=O) groups is 1. The highest BCUT2D eigenvalue weighted by Gasteiger charge is 2.30. The van der Waals surface area contributed by atoms with E-state index in [-0.39, 0.29) is 36.9 Å². The quantitative estimate of drug-likeness (QED) is 0.639. The zero-order valence-corrected chi connectivity index (χ0v) is 15.0. The summed E-state index contributed by atoms with van der Waals surface area (Å²) in [7, 11) is 0. The molecular formula is C17H18N4O7. The number of hydrogen-bond donors (Lipinski definition) is 1. The first kappa shape index (κ1) is 18.0. The van der Waals surface area contributed by atoms with Crippen molar-refractivity contribution in [3.8, 4) is 0 Å². The molecule has 0 radical (unpaired) electrons. The lowest BCUT2D eigenvalue weighted by atomic mass is 10.1. The number of anilines is 1. The molecule has 0 spiro atoms. The number of nitrogens with two attached hydrogens (primary N) is 1. The molecule has 0 saturated carbocycles. The van der Waals surface area contributed by atoms with Crippen molar-refractivity contribution in [2.24, 2.45) is 0 Å². The lowest BCUT2D eigenvalue weighted by Crippen LogP contribution is -2.19. The maximum absolute atomic E-state index is 11.7. The third-order valence-electron chi connectivity index (χ3n) is 4.49. The fourth-order valence-electron chi connectivity index (χ4n) is 3.10. The molecule has 1 fully saturated rings. The topological polar surface area (TPSA) is 144 Å². The first-order chi connectivity index (χ1) is 13.5. The van der Waals surface area contributed by atoms with Crippen LogP contribution in [0.4, 0.5) is 10.6 Å². The van der Waals surface area contributed by atoms with E-state index in [0.717, 1.165) is 12.1 Å². The molecule has 1 aliphatic heterocycles. The SMILES string of the molecule is Cc1oc(=O)oc1COC(=O)OCC1CCC(c2ccc3c(N)ncnn23)O1. The fourth-order valence-corrected chi connectivity index (χ4v) is 3.10. The molecule has 11 nitrogen and oxygen atoms in total. The van der Waals surface area contributed by atoms with Crippen LogP contribution in [-0.2, 0) is 20.8 Å². The second-order valence-corrected chi connectivity index (χ2v) is 6.31. The molecule has 0 aliphatic carbocycles. The Kier molecular flexibility index (Phi) is 4.74. The normalized spacial score (nSPS) is 19.2. The standard InChI is InChI=1S/C17H18N4O7/c1-9-14(28-17(23)26-9)7-25-16(22)24-6-10-2-5-13(27-10)11-3-4-12-15(18)19-8-20-21(11)12/h3-4,8,10,13H,2,5-7H2,1H3,(H2,18,19,20). The Morgan fingerprint density at radius 1 is 1.32 bits per heavy atom. The maximum Gasteiger partial charge on any atom is 0.519 e. The molecular weight excluding hydrogens is 372 g/mol. The summed E-state index contributed by atoms with van der Waals surface area (Å²) in [4.78, 5) is 26.6. The highest BCUT2D eigenvalue weighted by molar-refractivity contribution is 5.65. The first-order valence-electron chi connectivity index (χ1n) is 8.64. The van der Waals surface area contributed by atoms with Crippen LogP contribution in [0, 0.1) is 6.92 Å². The van der Waals surface area contributed by atoms with E-state index in [1.54, 1.807) is 4.52 Å². The van der Waals surface area contributed by atoms with Crippen molar-refractivity contribution in [2.75, 3.05) is 12.3 Å². The van der Waals surface area contributed by atoms with Gasteiger partial charge in [0.05, 0.1) is 11.8 Å². The maximum atomic E-state index is 11.7. The summed E-state index contributed by atoms with van der Waals surface area (Å²) in [5.41, 5.74) is 7.42. The van der Waals surface area contributed by atoms with E-state index in [0.29, 0.717) is 17.8 Å². The second kappa shape index (κ2) is 7.35. The summed E-state index contributed by atoms with van der Waals surface area (Å²) in [5.74, 6) is -0.0606. The number of rotatable bonds is 5. The van der Waals surface area contributed by atoms with Crippen LogP contribution < -0.4 is 11.6 Å². The Hall–Kier alpha value is -3.34. The van der Waals surface area contributed by atoms with Gasteiger partial charge in [0.15, 0.2) is 23.9 Å². The molecule has 0 amide bonds. The summed E-state index contributed by atoms with van der Waals surface area (Å²) in [6.07, 6.45) is 1.50. The van der Waals surface area contributed by atoms with E-state index < -0.39 is 12.0 Å². The molecule has 0 bridgehead atoms. The summed E-state index contributed by atoms with van der Waals surface area (Å²) in [6.45, 7) is 1.33. The fraction of sp³-hybridized carbons (Fsp3) is 0.412. The number of nitrogens with zero attached hydrogens (tertiary/aromatic N) is 3. The van der Waals surface area contributed by atoms with Crippen LogP contribution in [0.25, 0.3) is 5.52 Å². The Morgan fingerprint density at radius 3 is 2.96 bits per heavy atom. The van der Waals surface area contributed by atoms with Crippen LogP contribution in [0.1, 0.15) is 36.2 Å². The Balaban J connectivity index is 1.29. The van der Waals surface area contributed by atoms with Gasteiger partial charge in [-0.1, -0.05) is 0 Å². The zero-order chi connectivity index (χ0) is 19.7. The average molecular weight is 390 g/mol. The van der Waals surface area contributed by atoms with Crippen molar-refractivity contribution in [1.29, 1.82) is 0 Å². The molecule has 11 heteroatoms. The Morgan fingerprint density at radius 2 is 2.18 bits per heavy atom. The monoisotopic (exact) mass is 390 g/mol. The molecule has 28 heavy (non-hydrogen) atoms. The lowest BCUT2D eigenvalue weighted by Gasteiger charge is -2.14. The van der Waals surface area contributed by atoms with E-state index in [1.165, 1.54) is 13.3 Å². The van der Waals surface area contributed by atoms with Crippen molar-refractivity contribution < 1.29 is 27.8 Å². The van der Waals surface area contributed by atoms with Crippen LogP contribution in [0.2, 0.25) is 0 Å². The Bertz CT molecular complexity index is 1050. The Labute approximate surface area is 158 Å². The lowest BCUT2D eigenvalue weighted by molar-refractivity contribution is -0.0202. The van der Waals surface area contributed by atoms with Gasteiger partial charge in [0.1, 0.15) is 24.6 Å². The molecule has 2 atom stereocenters. The van der Waals surface area contributed by atoms with Gasteiger partial charge < -0.3 is 28.8 Å². The van der Waals surface area contributed by atoms with Gasteiger partial charge in [-0.2, -0.15) is 5.10 Å². The number of carbonyl (C=O) groups excluding carboxylic acids is 1. The molecule has 2 unspecified atom stereocenters. The summed E-state index contributed by atoms with van der Waals surface area (Å²) >= 11 is 0. The van der Waals surface area contributed by atoms with Crippen molar-refractivity contribution in [3.05, 3.63) is 46.3 Å². The minimum atomic E-state index is -0.885. The van der Waals surface area contributed by atoms with Gasteiger partial charge in [-0.15, -0.1) is 0 Å². The average Bonchev–Trinajstić information content (AvgIpc) is 3.37. The van der Waals surface area contributed by atoms with Gasteiger partial charge >= 0.3 is 12.0 Å². The van der Waals surface area contributed by atoms with Crippen molar-refractivity contribution in [2.45, 2.75) is 38.6 Å². The minimum absolute atomic E-state index is 0.0457. The number of ether oxygens (including phenoxy) is 3. The van der Waals surface area contributed by atoms with Gasteiger partial charge in [-0.3, -0.25) is 0 Å². The van der Waals surface area contributed by atoms with Crippen LogP contribution in [0.15, 0.2) is 32.1 Å². The van der Waals surface area contributed by atoms with Crippen LogP contribution in [0.5, 0.6) is 0 Å². The van der Waals surface area contributed by atoms with E-state index in [9.17, 15) is 9.59 Å². The number of hydrogen-bond acceptors (Lipinski definition) is 10. The molecule has 4 heterocycles. The van der Waals surface area contributed by atoms with Gasteiger partial charge in [0.25, 0.3) is 0 Å². The summed E-state index contributed by atoms with van der Waals surface area (Å²) < 4.78 is 27.1. The third kappa shape index (κ3) is 3.56. The molecule has 4 rings (SSSR count). The van der Waals surface area contributed by atoms with Crippen molar-refractivity contribution >= 4 is 17.5 Å². The van der Waals surface area contributed by atoms with Crippen molar-refractivity contribution in [3.63, 3.8) is 0 Å². The summed E-state index contributed by atoms with van der Waals surface area (Å²) in [5, 5.41) is 4.21. The highest BCUT2D eigenvalue weighted by atomic mass is 16.7. The van der Waals surface area contributed by atoms with E-state index in [1.807, 2.05) is 12.1 Å². The zero-order valence-electron chi connectivity index (χ0n) is 15.0. The van der Waals surface area contributed by atoms with Crippen molar-refractivity contribution in [1.82, 2.24) is 14.6 Å². The highest BCUT2D eigenvalue weighted by Crippen LogP contribution is 2.33. The number of aromatic nitrogens is 3. The smallest absolute Gasteiger partial charge is 0.432 e. The second-order valence-electron chi connectivity index (χ2n) is 6.31. The largest absolute Gasteiger partial charge is 0.519 e. The summed E-state index contributed by atoms with van der Waals surface area (Å²) in [6, 6.07) is 3.73. The van der Waals surface area contributed by atoms with Crippen LogP contribution in [0.3, 0.4) is 0 Å². The van der Waals surface area contributed by atoms with E-state index in [4.69, 9.17) is 24.4 Å². The molecule has 3 aromatic rings. The number of fused-ring (bicyclic) bond motifs is 1. The molecule has 0 aromatic carbocycles. The first-order valence-corrected chi connectivity index (χ1v) is 8.64. The van der Waals surface area contributed by atoms with Crippen LogP contribution >= 0.6 is 0 Å². The molecule has 1 aliphatic rings. The van der Waals surface area contributed by atoms with Gasteiger partial charge in [-0.25, -0.2) is 19.1 Å². The molecule has 3 aromatic heterocycles. The number of nitrogen functional groups attached to an aromatic ring is 1.